The number of hydrogen-bond donors (Lipinski definition) is 1. The van der Waals surface area contributed by atoms with Crippen LogP contribution in [-0.4, -0.2) is 23.9 Å². The summed E-state index contributed by atoms with van der Waals surface area (Å²) in [5.41, 5.74) is 1.85. The van der Waals surface area contributed by atoms with Crippen molar-refractivity contribution in [1.82, 2.24) is 5.32 Å². The lowest BCUT2D eigenvalue weighted by atomic mass is 10.0. The standard InChI is InChI=1S/C14H17BrN2O2/c1-4-12-14(19)17(9(3)13(18)16-12)10-6-5-8(2)11(15)7-10/h5-7,9,12H,4H2,1-3H3,(H,16,18). The molecular formula is C14H17BrN2O2. The molecule has 1 saturated heterocycles. The van der Waals surface area contributed by atoms with Crippen LogP contribution in [-0.2, 0) is 9.59 Å². The Balaban J connectivity index is 2.41. The number of carbonyl (C=O) groups excluding carboxylic acids is 2. The van der Waals surface area contributed by atoms with E-state index in [-0.39, 0.29) is 11.8 Å². The molecule has 2 rings (SSSR count). The third-order valence-electron chi connectivity index (χ3n) is 3.46. The average molecular weight is 325 g/mol. The van der Waals surface area contributed by atoms with Gasteiger partial charge in [-0.15, -0.1) is 0 Å². The number of aryl methyl sites for hydroxylation is 1. The Morgan fingerprint density at radius 3 is 2.63 bits per heavy atom. The molecule has 1 N–H and O–H groups in total. The van der Waals surface area contributed by atoms with Crippen molar-refractivity contribution in [2.24, 2.45) is 0 Å². The fraction of sp³-hybridized carbons (Fsp3) is 0.429. The topological polar surface area (TPSA) is 49.4 Å². The van der Waals surface area contributed by atoms with Crippen molar-refractivity contribution in [2.75, 3.05) is 4.90 Å². The van der Waals surface area contributed by atoms with E-state index in [0.717, 1.165) is 15.7 Å². The zero-order valence-corrected chi connectivity index (χ0v) is 12.8. The molecule has 0 aromatic heterocycles. The summed E-state index contributed by atoms with van der Waals surface area (Å²) >= 11 is 3.46. The quantitative estimate of drug-likeness (QED) is 0.908. The van der Waals surface area contributed by atoms with Crippen molar-refractivity contribution in [3.63, 3.8) is 0 Å². The molecule has 0 aliphatic carbocycles. The summed E-state index contributed by atoms with van der Waals surface area (Å²) in [6.45, 7) is 5.62. The summed E-state index contributed by atoms with van der Waals surface area (Å²) in [5.74, 6) is -0.159. The van der Waals surface area contributed by atoms with E-state index in [9.17, 15) is 9.59 Å². The van der Waals surface area contributed by atoms with Crippen LogP contribution in [0.3, 0.4) is 0 Å². The summed E-state index contributed by atoms with van der Waals surface area (Å²) < 4.78 is 0.934. The Kier molecular flexibility index (Phi) is 3.94. The number of rotatable bonds is 2. The second-order valence-electron chi connectivity index (χ2n) is 4.79. The monoisotopic (exact) mass is 324 g/mol. The van der Waals surface area contributed by atoms with E-state index >= 15 is 0 Å². The number of halogens is 1. The van der Waals surface area contributed by atoms with Crippen molar-refractivity contribution in [2.45, 2.75) is 39.3 Å². The Hall–Kier alpha value is -1.36. The van der Waals surface area contributed by atoms with Crippen LogP contribution in [0, 0.1) is 6.92 Å². The number of nitrogens with one attached hydrogen (secondary N) is 1. The highest BCUT2D eigenvalue weighted by Crippen LogP contribution is 2.27. The molecule has 1 aliphatic heterocycles. The van der Waals surface area contributed by atoms with Crippen molar-refractivity contribution in [3.05, 3.63) is 28.2 Å². The summed E-state index contributed by atoms with van der Waals surface area (Å²) in [6.07, 6.45) is 0.598. The maximum absolute atomic E-state index is 12.4. The minimum absolute atomic E-state index is 0.0506. The zero-order valence-electron chi connectivity index (χ0n) is 11.2. The van der Waals surface area contributed by atoms with Gasteiger partial charge in [0.25, 0.3) is 0 Å². The van der Waals surface area contributed by atoms with Crippen LogP contribution in [0.1, 0.15) is 25.8 Å². The predicted molar refractivity (Wildman–Crippen MR) is 78.0 cm³/mol. The number of nitrogens with zero attached hydrogens (tertiary/aromatic N) is 1. The van der Waals surface area contributed by atoms with Gasteiger partial charge in [-0.1, -0.05) is 28.9 Å². The molecule has 2 amide bonds. The van der Waals surface area contributed by atoms with Gasteiger partial charge in [-0.25, -0.2) is 0 Å². The van der Waals surface area contributed by atoms with Crippen LogP contribution in [0.5, 0.6) is 0 Å². The second kappa shape index (κ2) is 5.33. The largest absolute Gasteiger partial charge is 0.343 e. The van der Waals surface area contributed by atoms with Gasteiger partial charge in [0.1, 0.15) is 12.1 Å². The molecule has 0 spiro atoms. The first-order valence-corrected chi connectivity index (χ1v) is 7.14. The van der Waals surface area contributed by atoms with Gasteiger partial charge >= 0.3 is 0 Å². The number of benzene rings is 1. The molecule has 19 heavy (non-hydrogen) atoms. The summed E-state index contributed by atoms with van der Waals surface area (Å²) in [5, 5.41) is 2.75. The van der Waals surface area contributed by atoms with Crippen LogP contribution >= 0.6 is 15.9 Å². The van der Waals surface area contributed by atoms with Gasteiger partial charge in [-0.2, -0.15) is 0 Å². The zero-order chi connectivity index (χ0) is 14.2. The molecule has 1 heterocycles. The minimum Gasteiger partial charge on any atom is -0.343 e. The molecule has 0 bridgehead atoms. The lowest BCUT2D eigenvalue weighted by Gasteiger charge is -2.37. The molecule has 1 aromatic rings. The van der Waals surface area contributed by atoms with Crippen LogP contribution in [0.25, 0.3) is 0 Å². The maximum atomic E-state index is 12.4. The van der Waals surface area contributed by atoms with E-state index in [1.165, 1.54) is 0 Å². The van der Waals surface area contributed by atoms with Gasteiger partial charge in [0.05, 0.1) is 0 Å². The third kappa shape index (κ3) is 2.52. The van der Waals surface area contributed by atoms with Gasteiger partial charge in [-0.3, -0.25) is 14.5 Å². The lowest BCUT2D eigenvalue weighted by Crippen LogP contribution is -2.62. The molecule has 1 aliphatic rings. The SMILES string of the molecule is CCC1NC(=O)C(C)N(c2ccc(C)c(Br)c2)C1=O. The highest BCUT2D eigenvalue weighted by atomic mass is 79.9. The van der Waals surface area contributed by atoms with Crippen LogP contribution in [0.15, 0.2) is 22.7 Å². The smallest absolute Gasteiger partial charge is 0.250 e. The Bertz CT molecular complexity index is 530. The van der Waals surface area contributed by atoms with Crippen molar-refractivity contribution in [1.29, 1.82) is 0 Å². The first kappa shape index (κ1) is 14.1. The van der Waals surface area contributed by atoms with Crippen molar-refractivity contribution in [3.8, 4) is 0 Å². The van der Waals surface area contributed by atoms with Crippen LogP contribution in [0.4, 0.5) is 5.69 Å². The molecule has 1 aromatic carbocycles. The van der Waals surface area contributed by atoms with Crippen molar-refractivity contribution >= 4 is 33.4 Å². The highest BCUT2D eigenvalue weighted by Gasteiger charge is 2.38. The number of anilines is 1. The number of carbonyl (C=O) groups is 2. The first-order valence-electron chi connectivity index (χ1n) is 6.35. The van der Waals surface area contributed by atoms with E-state index in [1.807, 2.05) is 32.0 Å². The summed E-state index contributed by atoms with van der Waals surface area (Å²) in [7, 11) is 0. The molecule has 1 fully saturated rings. The van der Waals surface area contributed by atoms with Gasteiger partial charge < -0.3 is 5.32 Å². The first-order chi connectivity index (χ1) is 8.95. The fourth-order valence-corrected chi connectivity index (χ4v) is 2.56. The number of piperazine rings is 1. The third-order valence-corrected chi connectivity index (χ3v) is 4.31. The molecule has 2 unspecified atom stereocenters. The number of hydrogen-bond acceptors (Lipinski definition) is 2. The van der Waals surface area contributed by atoms with E-state index in [0.29, 0.717) is 6.42 Å². The predicted octanol–water partition coefficient (Wildman–Crippen LogP) is 2.39. The average Bonchev–Trinajstić information content (AvgIpc) is 2.38. The van der Waals surface area contributed by atoms with Crippen LogP contribution < -0.4 is 10.2 Å². The maximum Gasteiger partial charge on any atom is 0.250 e. The van der Waals surface area contributed by atoms with E-state index in [2.05, 4.69) is 21.2 Å². The highest BCUT2D eigenvalue weighted by molar-refractivity contribution is 9.10. The Morgan fingerprint density at radius 2 is 2.05 bits per heavy atom. The molecule has 5 heteroatoms. The van der Waals surface area contributed by atoms with E-state index in [4.69, 9.17) is 0 Å². The van der Waals surface area contributed by atoms with Gasteiger partial charge in [0, 0.05) is 10.2 Å². The van der Waals surface area contributed by atoms with Crippen LogP contribution in [0.2, 0.25) is 0 Å². The lowest BCUT2D eigenvalue weighted by molar-refractivity contribution is -0.133. The van der Waals surface area contributed by atoms with Crippen molar-refractivity contribution < 1.29 is 9.59 Å². The Morgan fingerprint density at radius 1 is 1.37 bits per heavy atom. The molecule has 0 saturated carbocycles. The number of amides is 2. The van der Waals surface area contributed by atoms with Gasteiger partial charge in [-0.05, 0) is 38.0 Å². The molecule has 0 radical (unpaired) electrons. The van der Waals surface area contributed by atoms with Gasteiger partial charge in [0.2, 0.25) is 11.8 Å². The minimum atomic E-state index is -0.482. The normalized spacial score (nSPS) is 23.5. The van der Waals surface area contributed by atoms with Gasteiger partial charge in [0.15, 0.2) is 0 Å². The summed E-state index contributed by atoms with van der Waals surface area (Å²) in [6, 6.07) is 4.79. The fourth-order valence-electron chi connectivity index (χ4n) is 2.19. The Labute approximate surface area is 121 Å². The van der Waals surface area contributed by atoms with E-state index < -0.39 is 12.1 Å². The van der Waals surface area contributed by atoms with E-state index in [1.54, 1.807) is 11.8 Å². The molecule has 102 valence electrons. The second-order valence-corrected chi connectivity index (χ2v) is 5.64. The molecule has 4 nitrogen and oxygen atoms in total. The summed E-state index contributed by atoms with van der Waals surface area (Å²) in [4.78, 5) is 25.9. The molecule has 2 atom stereocenters. The molecular weight excluding hydrogens is 308 g/mol.